The van der Waals surface area contributed by atoms with Crippen LogP contribution in [0.2, 0.25) is 0 Å². The van der Waals surface area contributed by atoms with E-state index in [2.05, 4.69) is 19.2 Å². The van der Waals surface area contributed by atoms with Gasteiger partial charge in [0.2, 0.25) is 5.91 Å². The number of carboxylic acids is 1. The van der Waals surface area contributed by atoms with Crippen LogP contribution in [-0.4, -0.2) is 29.6 Å². The highest BCUT2D eigenvalue weighted by atomic mass is 16.4. The first-order chi connectivity index (χ1) is 8.76. The average molecular weight is 272 g/mol. The van der Waals surface area contributed by atoms with Crippen molar-refractivity contribution in [3.63, 3.8) is 0 Å². The summed E-state index contributed by atoms with van der Waals surface area (Å²) in [5.41, 5.74) is 5.64. The SMILES string of the molecule is CC(C)CC(CN)CC(=O)N[C@H](CC(C)C)C(=O)O. The number of carbonyl (C=O) groups is 2. The van der Waals surface area contributed by atoms with Gasteiger partial charge in [0.15, 0.2) is 0 Å². The fourth-order valence-electron chi connectivity index (χ4n) is 2.14. The number of nitrogens with two attached hydrogens (primary N) is 1. The first kappa shape index (κ1) is 17.9. The van der Waals surface area contributed by atoms with E-state index in [1.54, 1.807) is 0 Å². The zero-order valence-corrected chi connectivity index (χ0v) is 12.5. The molecule has 5 heteroatoms. The third-order valence-electron chi connectivity index (χ3n) is 2.95. The fraction of sp³-hybridized carbons (Fsp3) is 0.857. The van der Waals surface area contributed by atoms with Gasteiger partial charge >= 0.3 is 5.97 Å². The first-order valence-electron chi connectivity index (χ1n) is 6.98. The maximum Gasteiger partial charge on any atom is 0.326 e. The van der Waals surface area contributed by atoms with Gasteiger partial charge in [0.25, 0.3) is 0 Å². The third kappa shape index (κ3) is 8.59. The molecule has 0 aliphatic heterocycles. The molecule has 1 amide bonds. The summed E-state index contributed by atoms with van der Waals surface area (Å²) in [5.74, 6) is -0.373. The van der Waals surface area contributed by atoms with Crippen LogP contribution in [0.3, 0.4) is 0 Å². The molecule has 0 bridgehead atoms. The molecule has 2 atom stereocenters. The van der Waals surface area contributed by atoms with Crippen molar-refractivity contribution in [2.75, 3.05) is 6.54 Å². The molecule has 112 valence electrons. The van der Waals surface area contributed by atoms with E-state index in [1.165, 1.54) is 0 Å². The first-order valence-corrected chi connectivity index (χ1v) is 6.98. The Morgan fingerprint density at radius 3 is 2.00 bits per heavy atom. The lowest BCUT2D eigenvalue weighted by Gasteiger charge is -2.20. The molecule has 0 aliphatic carbocycles. The van der Waals surface area contributed by atoms with Crippen LogP contribution in [0.25, 0.3) is 0 Å². The van der Waals surface area contributed by atoms with Gasteiger partial charge in [-0.2, -0.15) is 0 Å². The minimum atomic E-state index is -0.977. The van der Waals surface area contributed by atoms with Gasteiger partial charge in [0, 0.05) is 6.42 Å². The molecule has 0 rings (SSSR count). The van der Waals surface area contributed by atoms with E-state index in [-0.39, 0.29) is 17.7 Å². The molecule has 0 aromatic rings. The number of carbonyl (C=O) groups excluding carboxylic acids is 1. The van der Waals surface area contributed by atoms with Gasteiger partial charge < -0.3 is 16.2 Å². The van der Waals surface area contributed by atoms with E-state index in [1.807, 2.05) is 13.8 Å². The van der Waals surface area contributed by atoms with Crippen LogP contribution in [0.15, 0.2) is 0 Å². The fourth-order valence-corrected chi connectivity index (χ4v) is 2.14. The second kappa shape index (κ2) is 8.91. The quantitative estimate of drug-likeness (QED) is 0.594. The average Bonchev–Trinajstić information content (AvgIpc) is 2.25. The summed E-state index contributed by atoms with van der Waals surface area (Å²) in [7, 11) is 0. The summed E-state index contributed by atoms with van der Waals surface area (Å²) in [6.07, 6.45) is 1.63. The monoisotopic (exact) mass is 272 g/mol. The molecule has 19 heavy (non-hydrogen) atoms. The molecular weight excluding hydrogens is 244 g/mol. The largest absolute Gasteiger partial charge is 0.480 e. The number of hydrogen-bond acceptors (Lipinski definition) is 3. The molecule has 0 radical (unpaired) electrons. The maximum atomic E-state index is 11.9. The minimum absolute atomic E-state index is 0.119. The van der Waals surface area contributed by atoms with Crippen molar-refractivity contribution < 1.29 is 14.7 Å². The van der Waals surface area contributed by atoms with Gasteiger partial charge in [-0.3, -0.25) is 4.79 Å². The predicted molar refractivity (Wildman–Crippen MR) is 75.6 cm³/mol. The van der Waals surface area contributed by atoms with Gasteiger partial charge in [0.1, 0.15) is 6.04 Å². The summed E-state index contributed by atoms with van der Waals surface area (Å²) in [6, 6.07) is -0.801. The number of hydrogen-bond donors (Lipinski definition) is 3. The van der Waals surface area contributed by atoms with Crippen LogP contribution >= 0.6 is 0 Å². The van der Waals surface area contributed by atoms with Crippen LogP contribution < -0.4 is 11.1 Å². The number of rotatable bonds is 9. The van der Waals surface area contributed by atoms with Crippen molar-refractivity contribution in [2.24, 2.45) is 23.5 Å². The Morgan fingerprint density at radius 1 is 1.11 bits per heavy atom. The van der Waals surface area contributed by atoms with Crippen LogP contribution in [0, 0.1) is 17.8 Å². The summed E-state index contributed by atoms with van der Waals surface area (Å²) in [5, 5.41) is 11.7. The van der Waals surface area contributed by atoms with Crippen LogP contribution in [-0.2, 0) is 9.59 Å². The lowest BCUT2D eigenvalue weighted by Crippen LogP contribution is -2.42. The normalized spacial score (nSPS) is 14.5. The summed E-state index contributed by atoms with van der Waals surface area (Å²) >= 11 is 0. The maximum absolute atomic E-state index is 11.9. The molecule has 4 N–H and O–H groups in total. The third-order valence-corrected chi connectivity index (χ3v) is 2.95. The van der Waals surface area contributed by atoms with Crippen LogP contribution in [0.5, 0.6) is 0 Å². The van der Waals surface area contributed by atoms with Crippen molar-refractivity contribution in [3.8, 4) is 0 Å². The number of aliphatic carboxylic acids is 1. The topological polar surface area (TPSA) is 92.4 Å². The van der Waals surface area contributed by atoms with Gasteiger partial charge in [-0.1, -0.05) is 27.7 Å². The van der Waals surface area contributed by atoms with Gasteiger partial charge in [-0.15, -0.1) is 0 Å². The lowest BCUT2D eigenvalue weighted by atomic mass is 9.93. The zero-order chi connectivity index (χ0) is 15.0. The Kier molecular flexibility index (Phi) is 8.39. The smallest absolute Gasteiger partial charge is 0.326 e. The number of amides is 1. The zero-order valence-electron chi connectivity index (χ0n) is 12.5. The predicted octanol–water partition coefficient (Wildman–Crippen LogP) is 1.61. The summed E-state index contributed by atoms with van der Waals surface area (Å²) < 4.78 is 0. The van der Waals surface area contributed by atoms with Gasteiger partial charge in [-0.05, 0) is 37.1 Å². The van der Waals surface area contributed by atoms with E-state index >= 15 is 0 Å². The second-order valence-corrected chi connectivity index (χ2v) is 6.02. The molecule has 0 aromatic heterocycles. The van der Waals surface area contributed by atoms with Crippen LogP contribution in [0.4, 0.5) is 0 Å². The summed E-state index contributed by atoms with van der Waals surface area (Å²) in [6.45, 7) is 8.49. The molecule has 0 saturated carbocycles. The van der Waals surface area contributed by atoms with Crippen molar-refractivity contribution in [2.45, 2.75) is 53.0 Å². The van der Waals surface area contributed by atoms with E-state index in [4.69, 9.17) is 10.8 Å². The van der Waals surface area contributed by atoms with Crippen molar-refractivity contribution >= 4 is 11.9 Å². The standard InChI is InChI=1S/C14H28N2O3/c1-9(2)5-11(8-15)7-13(17)16-12(14(18)19)6-10(3)4/h9-12H,5-8,15H2,1-4H3,(H,16,17)(H,18,19)/t11?,12-/m1/s1. The Balaban J connectivity index is 4.35. The lowest BCUT2D eigenvalue weighted by molar-refractivity contribution is -0.142. The van der Waals surface area contributed by atoms with E-state index < -0.39 is 12.0 Å². The van der Waals surface area contributed by atoms with Gasteiger partial charge in [0.05, 0.1) is 0 Å². The Labute approximate surface area is 115 Å². The highest BCUT2D eigenvalue weighted by Crippen LogP contribution is 2.14. The second-order valence-electron chi connectivity index (χ2n) is 6.02. The van der Waals surface area contributed by atoms with Crippen molar-refractivity contribution in [1.29, 1.82) is 0 Å². The number of carboxylic acid groups (broad SMARTS) is 1. The minimum Gasteiger partial charge on any atom is -0.480 e. The molecule has 0 aromatic carbocycles. The molecule has 5 nitrogen and oxygen atoms in total. The molecule has 0 heterocycles. The highest BCUT2D eigenvalue weighted by Gasteiger charge is 2.22. The molecule has 0 fully saturated rings. The molecule has 0 saturated heterocycles. The molecule has 0 aliphatic rings. The van der Waals surface area contributed by atoms with E-state index in [9.17, 15) is 9.59 Å². The van der Waals surface area contributed by atoms with Crippen molar-refractivity contribution in [3.05, 3.63) is 0 Å². The molecule has 1 unspecified atom stereocenters. The highest BCUT2D eigenvalue weighted by molar-refractivity contribution is 5.83. The Morgan fingerprint density at radius 2 is 1.63 bits per heavy atom. The molecular formula is C14H28N2O3. The van der Waals surface area contributed by atoms with E-state index in [0.717, 1.165) is 6.42 Å². The van der Waals surface area contributed by atoms with Crippen molar-refractivity contribution in [1.82, 2.24) is 5.32 Å². The van der Waals surface area contributed by atoms with Crippen LogP contribution in [0.1, 0.15) is 47.0 Å². The number of nitrogens with one attached hydrogen (secondary N) is 1. The Hall–Kier alpha value is -1.10. The molecule has 0 spiro atoms. The van der Waals surface area contributed by atoms with Gasteiger partial charge in [-0.25, -0.2) is 4.79 Å². The summed E-state index contributed by atoms with van der Waals surface area (Å²) in [4.78, 5) is 22.9. The Bertz CT molecular complexity index is 290. The van der Waals surface area contributed by atoms with E-state index in [0.29, 0.717) is 25.3 Å².